The highest BCUT2D eigenvalue weighted by Gasteiger charge is 2.42. The van der Waals surface area contributed by atoms with Crippen molar-refractivity contribution in [2.75, 3.05) is 0 Å². The third kappa shape index (κ3) is 19.2. The number of ketones is 1. The maximum Gasteiger partial charge on any atom is 0.336 e. The van der Waals surface area contributed by atoms with Crippen molar-refractivity contribution in [3.05, 3.63) is 0 Å². The molecule has 0 radical (unpaired) electrons. The summed E-state index contributed by atoms with van der Waals surface area (Å²) in [6, 6.07) is 0. The number of carbonyl (C=O) groups excluding carboxylic acids is 2. The monoisotopic (exact) mass is 542 g/mol. The predicted molar refractivity (Wildman–Crippen MR) is 148 cm³/mol. The zero-order chi connectivity index (χ0) is 28.7. The van der Waals surface area contributed by atoms with E-state index in [0.717, 1.165) is 32.1 Å². The second kappa shape index (κ2) is 23.0. The highest BCUT2D eigenvalue weighted by Crippen LogP contribution is 2.20. The normalized spacial score (nSPS) is 13.6. The molecule has 2 atom stereocenters. The van der Waals surface area contributed by atoms with Crippen LogP contribution >= 0.6 is 0 Å². The number of carbonyl (C=O) groups is 4. The molecule has 0 aliphatic rings. The summed E-state index contributed by atoms with van der Waals surface area (Å²) in [5, 5.41) is 28.2. The first-order valence-corrected chi connectivity index (χ1v) is 15.1. The van der Waals surface area contributed by atoms with Crippen molar-refractivity contribution in [1.82, 2.24) is 0 Å². The van der Waals surface area contributed by atoms with Crippen LogP contribution in [0.5, 0.6) is 0 Å². The zero-order valence-corrected chi connectivity index (χ0v) is 24.0. The number of hydrogen-bond donors (Lipinski definition) is 3. The average Bonchev–Trinajstić information content (AvgIpc) is 2.85. The van der Waals surface area contributed by atoms with Crippen molar-refractivity contribution < 1.29 is 39.2 Å². The van der Waals surface area contributed by atoms with E-state index >= 15 is 0 Å². The van der Waals surface area contributed by atoms with Gasteiger partial charge >= 0.3 is 17.9 Å². The van der Waals surface area contributed by atoms with E-state index in [1.54, 1.807) is 0 Å². The molecular weight excluding hydrogens is 488 g/mol. The third-order valence-electron chi connectivity index (χ3n) is 7.01. The van der Waals surface area contributed by atoms with Gasteiger partial charge in [-0.1, -0.05) is 117 Å². The molecule has 0 aromatic carbocycles. The molecular formula is C30H54O8. The molecule has 0 rings (SSSR count). The summed E-state index contributed by atoms with van der Waals surface area (Å²) >= 11 is 0. The van der Waals surface area contributed by atoms with Crippen LogP contribution in [0.1, 0.15) is 155 Å². The van der Waals surface area contributed by atoms with Gasteiger partial charge in [-0.2, -0.15) is 0 Å². The van der Waals surface area contributed by atoms with Crippen LogP contribution in [0.15, 0.2) is 0 Å². The van der Waals surface area contributed by atoms with Crippen molar-refractivity contribution in [3.8, 4) is 0 Å². The molecule has 0 heterocycles. The summed E-state index contributed by atoms with van der Waals surface area (Å²) in [5.41, 5.74) is -2.77. The summed E-state index contributed by atoms with van der Waals surface area (Å²) in [4.78, 5) is 47.3. The van der Waals surface area contributed by atoms with Gasteiger partial charge in [0, 0.05) is 6.42 Å². The maximum absolute atomic E-state index is 12.7. The van der Waals surface area contributed by atoms with Crippen LogP contribution in [-0.4, -0.2) is 50.7 Å². The molecule has 0 saturated carbocycles. The van der Waals surface area contributed by atoms with E-state index in [9.17, 15) is 29.4 Å². The smallest absolute Gasteiger partial charge is 0.336 e. The maximum atomic E-state index is 12.7. The van der Waals surface area contributed by atoms with Crippen LogP contribution in [0, 0.1) is 0 Å². The lowest BCUT2D eigenvalue weighted by molar-refractivity contribution is -0.174. The molecule has 0 amide bonds. The highest BCUT2D eigenvalue weighted by atomic mass is 16.5. The number of carboxylic acid groups (broad SMARTS) is 2. The molecule has 0 spiro atoms. The minimum Gasteiger partial charge on any atom is -0.481 e. The molecule has 3 N–H and O–H groups in total. The summed E-state index contributed by atoms with van der Waals surface area (Å²) in [6.07, 6.45) is 18.2. The number of esters is 1. The summed E-state index contributed by atoms with van der Waals surface area (Å²) in [6.45, 7) is 4.26. The molecule has 0 aromatic rings. The molecule has 0 saturated heterocycles. The largest absolute Gasteiger partial charge is 0.481 e. The van der Waals surface area contributed by atoms with Gasteiger partial charge in [0.2, 0.25) is 0 Å². The number of carboxylic acids is 2. The van der Waals surface area contributed by atoms with Crippen molar-refractivity contribution in [3.63, 3.8) is 0 Å². The van der Waals surface area contributed by atoms with Crippen molar-refractivity contribution in [2.24, 2.45) is 0 Å². The zero-order valence-electron chi connectivity index (χ0n) is 24.0. The highest BCUT2D eigenvalue weighted by molar-refractivity contribution is 5.90. The summed E-state index contributed by atoms with van der Waals surface area (Å²) in [7, 11) is 0. The Morgan fingerprint density at radius 3 is 1.47 bits per heavy atom. The molecule has 38 heavy (non-hydrogen) atoms. The van der Waals surface area contributed by atoms with Crippen LogP contribution < -0.4 is 0 Å². The second-order valence-corrected chi connectivity index (χ2v) is 10.7. The van der Waals surface area contributed by atoms with Crippen LogP contribution in [0.4, 0.5) is 0 Å². The number of hydrogen-bond acceptors (Lipinski definition) is 6. The first-order chi connectivity index (χ1) is 18.2. The number of aliphatic hydroxyl groups is 1. The Labute approximate surface area is 229 Å². The fraction of sp³-hybridized carbons (Fsp3) is 0.867. The van der Waals surface area contributed by atoms with Crippen LogP contribution in [0.3, 0.4) is 0 Å². The van der Waals surface area contributed by atoms with E-state index in [1.807, 2.05) is 6.92 Å². The standard InChI is InChI=1S/C30H54O8/c1-3-5-7-8-9-10-11-12-13-14-15-16-17-18-20-22-26(25(31)21-19-6-4-2)38-28(34)24-30(37,29(35)36)23-27(32)33/h26,37H,3-24H2,1-2H3,(H,32,33)(H,35,36). The quantitative estimate of drug-likeness (QED) is 0.0745. The van der Waals surface area contributed by atoms with Gasteiger partial charge in [-0.25, -0.2) is 4.79 Å². The molecule has 222 valence electrons. The van der Waals surface area contributed by atoms with E-state index in [-0.39, 0.29) is 12.2 Å². The van der Waals surface area contributed by atoms with E-state index in [2.05, 4.69) is 6.92 Å². The van der Waals surface area contributed by atoms with Crippen molar-refractivity contribution in [2.45, 2.75) is 167 Å². The Kier molecular flexibility index (Phi) is 21.8. The Balaban J connectivity index is 4.34. The van der Waals surface area contributed by atoms with Gasteiger partial charge in [-0.15, -0.1) is 0 Å². The van der Waals surface area contributed by atoms with Gasteiger partial charge in [0.15, 0.2) is 17.5 Å². The number of Topliss-reactive ketones (excluding diaryl/α,β-unsaturated/α-hetero) is 1. The van der Waals surface area contributed by atoms with Crippen LogP contribution in [0.25, 0.3) is 0 Å². The number of ether oxygens (including phenoxy) is 1. The Hall–Kier alpha value is -1.96. The molecule has 0 bridgehead atoms. The van der Waals surface area contributed by atoms with E-state index in [4.69, 9.17) is 9.84 Å². The van der Waals surface area contributed by atoms with E-state index in [1.165, 1.54) is 70.6 Å². The minimum absolute atomic E-state index is 0.214. The van der Waals surface area contributed by atoms with Gasteiger partial charge in [-0.05, 0) is 19.3 Å². The number of aliphatic carboxylic acids is 2. The van der Waals surface area contributed by atoms with Gasteiger partial charge < -0.3 is 20.1 Å². The van der Waals surface area contributed by atoms with Gasteiger partial charge in [0.1, 0.15) is 0 Å². The molecule has 0 aliphatic carbocycles. The fourth-order valence-corrected chi connectivity index (χ4v) is 4.60. The Morgan fingerprint density at radius 1 is 0.632 bits per heavy atom. The van der Waals surface area contributed by atoms with E-state index in [0.29, 0.717) is 19.3 Å². The fourth-order valence-electron chi connectivity index (χ4n) is 4.60. The molecule has 8 heteroatoms. The van der Waals surface area contributed by atoms with Gasteiger partial charge in [0.25, 0.3) is 0 Å². The lowest BCUT2D eigenvalue weighted by atomic mass is 9.95. The average molecular weight is 543 g/mol. The predicted octanol–water partition coefficient (Wildman–Crippen LogP) is 6.99. The third-order valence-corrected chi connectivity index (χ3v) is 7.01. The summed E-state index contributed by atoms with van der Waals surface area (Å²) < 4.78 is 5.28. The minimum atomic E-state index is -2.77. The second-order valence-electron chi connectivity index (χ2n) is 10.7. The molecule has 2 unspecified atom stereocenters. The summed E-state index contributed by atoms with van der Waals surface area (Å²) in [5.74, 6) is -4.65. The van der Waals surface area contributed by atoms with Crippen LogP contribution in [-0.2, 0) is 23.9 Å². The lowest BCUT2D eigenvalue weighted by Gasteiger charge is -2.22. The lowest BCUT2D eigenvalue weighted by Crippen LogP contribution is -2.44. The van der Waals surface area contributed by atoms with Gasteiger partial charge in [0.05, 0.1) is 12.8 Å². The van der Waals surface area contributed by atoms with E-state index < -0.39 is 42.5 Å². The van der Waals surface area contributed by atoms with Crippen molar-refractivity contribution >= 4 is 23.7 Å². The Bertz CT molecular complexity index is 663. The molecule has 0 aliphatic heterocycles. The SMILES string of the molecule is CCCCCCCCCCCCCCCCCC(OC(=O)CC(O)(CC(=O)O)C(=O)O)C(=O)CCCCC. The first kappa shape index (κ1) is 36.0. The number of rotatable bonds is 27. The Morgan fingerprint density at radius 2 is 1.05 bits per heavy atom. The molecule has 0 fully saturated rings. The van der Waals surface area contributed by atoms with Crippen molar-refractivity contribution in [1.29, 1.82) is 0 Å². The molecule has 8 nitrogen and oxygen atoms in total. The van der Waals surface area contributed by atoms with Crippen LogP contribution in [0.2, 0.25) is 0 Å². The topological polar surface area (TPSA) is 138 Å². The van der Waals surface area contributed by atoms with Gasteiger partial charge in [-0.3, -0.25) is 14.4 Å². The number of unbranched alkanes of at least 4 members (excludes halogenated alkanes) is 16. The molecule has 0 aromatic heterocycles. The first-order valence-electron chi connectivity index (χ1n) is 15.1.